The summed E-state index contributed by atoms with van der Waals surface area (Å²) in [5.41, 5.74) is 1.10. The molecule has 0 N–H and O–H groups in total. The molecule has 0 aromatic carbocycles. The number of nitrogens with zero attached hydrogens (tertiary/aromatic N) is 2. The summed E-state index contributed by atoms with van der Waals surface area (Å²) in [6.45, 7) is 0. The summed E-state index contributed by atoms with van der Waals surface area (Å²) in [6, 6.07) is 2.22. The van der Waals surface area contributed by atoms with Gasteiger partial charge >= 0.3 is 0 Å². The second-order valence-electron chi connectivity index (χ2n) is 3.50. The second kappa shape index (κ2) is 3.69. The fourth-order valence-corrected chi connectivity index (χ4v) is 2.19. The highest BCUT2D eigenvalue weighted by molar-refractivity contribution is 9.10. The molecule has 2 rings (SSSR count). The molecule has 0 saturated carbocycles. The second-order valence-corrected chi connectivity index (χ2v) is 4.41. The molecule has 1 fully saturated rings. The van der Waals surface area contributed by atoms with Crippen molar-refractivity contribution < 1.29 is 4.79 Å². The number of rotatable bonds is 1. The summed E-state index contributed by atoms with van der Waals surface area (Å²) in [7, 11) is 1.85. The largest absolute Gasteiger partial charge is 0.339 e. The molecule has 0 aliphatic carbocycles. The van der Waals surface area contributed by atoms with E-state index in [0.29, 0.717) is 6.42 Å². The van der Waals surface area contributed by atoms with Gasteiger partial charge in [-0.1, -0.05) is 0 Å². The highest BCUT2D eigenvalue weighted by Gasteiger charge is 2.28. The first-order valence-electron chi connectivity index (χ1n) is 4.54. The van der Waals surface area contributed by atoms with E-state index in [-0.39, 0.29) is 11.9 Å². The average Bonchev–Trinajstić information content (AvgIpc) is 2.48. The predicted octanol–water partition coefficient (Wildman–Crippen LogP) is 2.14. The number of amides is 1. The molecule has 1 aromatic rings. The van der Waals surface area contributed by atoms with E-state index in [1.807, 2.05) is 19.3 Å². The van der Waals surface area contributed by atoms with Crippen molar-refractivity contribution in [1.82, 2.24) is 9.88 Å². The van der Waals surface area contributed by atoms with E-state index < -0.39 is 0 Å². The van der Waals surface area contributed by atoms with Crippen LogP contribution in [-0.4, -0.2) is 22.8 Å². The highest BCUT2D eigenvalue weighted by atomic mass is 79.9. The van der Waals surface area contributed by atoms with Crippen LogP contribution in [0.25, 0.3) is 0 Å². The van der Waals surface area contributed by atoms with E-state index in [2.05, 4.69) is 20.9 Å². The van der Waals surface area contributed by atoms with Gasteiger partial charge < -0.3 is 4.90 Å². The SMILES string of the molecule is CN1C(=O)CC[C@H]1c1cncc(Br)c1. The Morgan fingerprint density at radius 2 is 2.36 bits per heavy atom. The van der Waals surface area contributed by atoms with E-state index in [1.54, 1.807) is 11.1 Å². The summed E-state index contributed by atoms with van der Waals surface area (Å²) >= 11 is 3.38. The zero-order valence-corrected chi connectivity index (χ0v) is 9.49. The lowest BCUT2D eigenvalue weighted by molar-refractivity contribution is -0.127. The number of halogens is 1. The number of pyridine rings is 1. The zero-order valence-electron chi connectivity index (χ0n) is 7.90. The molecule has 1 atom stereocenters. The maximum Gasteiger partial charge on any atom is 0.222 e. The van der Waals surface area contributed by atoms with Crippen LogP contribution in [0.4, 0.5) is 0 Å². The molecule has 1 aliphatic rings. The van der Waals surface area contributed by atoms with Gasteiger partial charge in [0.25, 0.3) is 0 Å². The molecule has 1 aliphatic heterocycles. The van der Waals surface area contributed by atoms with Gasteiger partial charge in [0, 0.05) is 30.3 Å². The normalized spacial score (nSPS) is 21.7. The Hall–Kier alpha value is -0.900. The van der Waals surface area contributed by atoms with Crippen LogP contribution in [-0.2, 0) is 4.79 Å². The number of hydrogen-bond donors (Lipinski definition) is 0. The van der Waals surface area contributed by atoms with Gasteiger partial charge in [0.15, 0.2) is 0 Å². The molecule has 1 aromatic heterocycles. The first kappa shape index (κ1) is 9.65. The Morgan fingerprint density at radius 3 is 2.93 bits per heavy atom. The fourth-order valence-electron chi connectivity index (χ4n) is 1.80. The van der Waals surface area contributed by atoms with Gasteiger partial charge in [0.05, 0.1) is 6.04 Å². The quantitative estimate of drug-likeness (QED) is 0.770. The van der Waals surface area contributed by atoms with Crippen LogP contribution in [0.2, 0.25) is 0 Å². The summed E-state index contributed by atoms with van der Waals surface area (Å²) in [5.74, 6) is 0.218. The van der Waals surface area contributed by atoms with E-state index in [4.69, 9.17) is 0 Å². The van der Waals surface area contributed by atoms with Gasteiger partial charge in [-0.3, -0.25) is 9.78 Å². The summed E-state index contributed by atoms with van der Waals surface area (Å²) in [5, 5.41) is 0. The van der Waals surface area contributed by atoms with E-state index >= 15 is 0 Å². The van der Waals surface area contributed by atoms with Crippen LogP contribution in [0.5, 0.6) is 0 Å². The number of likely N-dealkylation sites (tertiary alicyclic amines) is 1. The summed E-state index contributed by atoms with van der Waals surface area (Å²) in [6.07, 6.45) is 5.12. The first-order chi connectivity index (χ1) is 6.68. The van der Waals surface area contributed by atoms with E-state index in [9.17, 15) is 4.79 Å². The minimum absolute atomic E-state index is 0.201. The molecule has 1 saturated heterocycles. The number of carbonyl (C=O) groups is 1. The third-order valence-corrected chi connectivity index (χ3v) is 3.04. The maximum atomic E-state index is 11.3. The molecule has 1 amide bonds. The van der Waals surface area contributed by atoms with Crippen LogP contribution >= 0.6 is 15.9 Å². The van der Waals surface area contributed by atoms with Crippen LogP contribution in [0.3, 0.4) is 0 Å². The van der Waals surface area contributed by atoms with Gasteiger partial charge in [-0.25, -0.2) is 0 Å². The monoisotopic (exact) mass is 254 g/mol. The summed E-state index contributed by atoms with van der Waals surface area (Å²) < 4.78 is 0.961. The Balaban J connectivity index is 2.28. The number of hydrogen-bond acceptors (Lipinski definition) is 2. The van der Waals surface area contributed by atoms with Crippen LogP contribution in [0, 0.1) is 0 Å². The summed E-state index contributed by atoms with van der Waals surface area (Å²) in [4.78, 5) is 17.2. The van der Waals surface area contributed by atoms with Crippen molar-refractivity contribution in [2.24, 2.45) is 0 Å². The van der Waals surface area contributed by atoms with Crippen molar-refractivity contribution in [3.8, 4) is 0 Å². The first-order valence-corrected chi connectivity index (χ1v) is 5.34. The molecule has 0 radical (unpaired) electrons. The van der Waals surface area contributed by atoms with Crippen molar-refractivity contribution >= 4 is 21.8 Å². The van der Waals surface area contributed by atoms with Crippen molar-refractivity contribution in [2.75, 3.05) is 7.05 Å². The molecule has 14 heavy (non-hydrogen) atoms. The third kappa shape index (κ3) is 1.66. The Kier molecular flexibility index (Phi) is 2.54. The Morgan fingerprint density at radius 1 is 1.57 bits per heavy atom. The van der Waals surface area contributed by atoms with Gasteiger partial charge in [-0.2, -0.15) is 0 Å². The van der Waals surface area contributed by atoms with Crippen molar-refractivity contribution in [1.29, 1.82) is 0 Å². The van der Waals surface area contributed by atoms with Crippen molar-refractivity contribution in [3.63, 3.8) is 0 Å². The smallest absolute Gasteiger partial charge is 0.222 e. The molecule has 0 unspecified atom stereocenters. The maximum absolute atomic E-state index is 11.3. The van der Waals surface area contributed by atoms with Crippen LogP contribution in [0.1, 0.15) is 24.4 Å². The minimum Gasteiger partial charge on any atom is -0.339 e. The Labute approximate surface area is 91.3 Å². The molecule has 2 heterocycles. The van der Waals surface area contributed by atoms with E-state index in [0.717, 1.165) is 16.5 Å². The lowest BCUT2D eigenvalue weighted by Gasteiger charge is -2.19. The third-order valence-electron chi connectivity index (χ3n) is 2.60. The van der Waals surface area contributed by atoms with Crippen molar-refractivity contribution in [3.05, 3.63) is 28.5 Å². The molecule has 0 spiro atoms. The predicted molar refractivity (Wildman–Crippen MR) is 56.7 cm³/mol. The minimum atomic E-state index is 0.201. The highest BCUT2D eigenvalue weighted by Crippen LogP contribution is 2.31. The lowest BCUT2D eigenvalue weighted by atomic mass is 10.1. The number of aromatic nitrogens is 1. The van der Waals surface area contributed by atoms with Crippen molar-refractivity contribution in [2.45, 2.75) is 18.9 Å². The van der Waals surface area contributed by atoms with Gasteiger partial charge in [-0.15, -0.1) is 0 Å². The fraction of sp³-hybridized carbons (Fsp3) is 0.400. The molecular formula is C10H11BrN2O. The lowest BCUT2D eigenvalue weighted by Crippen LogP contribution is -2.22. The molecule has 74 valence electrons. The standard InChI is InChI=1S/C10H11BrN2O/c1-13-9(2-3-10(13)14)7-4-8(11)6-12-5-7/h4-6,9H,2-3H2,1H3/t9-/m0/s1. The molecule has 4 heteroatoms. The molecular weight excluding hydrogens is 244 g/mol. The van der Waals surface area contributed by atoms with Gasteiger partial charge in [0.2, 0.25) is 5.91 Å². The van der Waals surface area contributed by atoms with E-state index in [1.165, 1.54) is 0 Å². The van der Waals surface area contributed by atoms with Crippen LogP contribution < -0.4 is 0 Å². The van der Waals surface area contributed by atoms with Gasteiger partial charge in [0.1, 0.15) is 0 Å². The number of carbonyl (C=O) groups excluding carboxylic acids is 1. The molecule has 3 nitrogen and oxygen atoms in total. The average molecular weight is 255 g/mol. The topological polar surface area (TPSA) is 33.2 Å². The zero-order chi connectivity index (χ0) is 10.1. The molecule has 0 bridgehead atoms. The van der Waals surface area contributed by atoms with Crippen LogP contribution in [0.15, 0.2) is 22.9 Å². The van der Waals surface area contributed by atoms with Gasteiger partial charge in [-0.05, 0) is 34.0 Å². The Bertz CT molecular complexity index is 367.